The van der Waals surface area contributed by atoms with Crippen LogP contribution in [0, 0.1) is 11.8 Å². The number of hydrogen-bond donors (Lipinski definition) is 0. The standard InChI is InChI=1S/C24H40O3/c1-4-5-6-7-8-10-13-21(2)16-17-24(22(3)18-25)27-20-26-19-23-14-11-9-12-15-23/h9,11-12,14-15,18,21-22,24H,4-8,10,13,16-17,19-20H2,1-3H3/t21-,22+,24+/m0/s1. The Hall–Kier alpha value is -1.19. The molecule has 0 saturated carbocycles. The van der Waals surface area contributed by atoms with Crippen LogP contribution in [0.15, 0.2) is 30.3 Å². The molecule has 0 bridgehead atoms. The van der Waals surface area contributed by atoms with E-state index < -0.39 is 0 Å². The van der Waals surface area contributed by atoms with Gasteiger partial charge in [0.25, 0.3) is 0 Å². The SMILES string of the molecule is CCCCCCCC[C@H](C)CC[C@@H](OCOCc1ccccc1)[C@H](C)C=O. The second-order valence-electron chi connectivity index (χ2n) is 7.89. The molecular formula is C24H40O3. The average Bonchev–Trinajstić information content (AvgIpc) is 2.70. The summed E-state index contributed by atoms with van der Waals surface area (Å²) in [6.45, 7) is 7.29. The number of carbonyl (C=O) groups excluding carboxylic acids is 1. The Kier molecular flexibility index (Phi) is 14.0. The Balaban J connectivity index is 2.19. The first-order valence-corrected chi connectivity index (χ1v) is 10.9. The summed E-state index contributed by atoms with van der Waals surface area (Å²) in [5.74, 6) is 0.595. The van der Waals surface area contributed by atoms with Crippen LogP contribution in [0.25, 0.3) is 0 Å². The van der Waals surface area contributed by atoms with Crippen molar-refractivity contribution in [1.82, 2.24) is 0 Å². The molecule has 0 amide bonds. The number of aldehydes is 1. The number of carbonyl (C=O) groups is 1. The van der Waals surface area contributed by atoms with Gasteiger partial charge in [0, 0.05) is 5.92 Å². The quantitative estimate of drug-likeness (QED) is 0.176. The van der Waals surface area contributed by atoms with Crippen LogP contribution >= 0.6 is 0 Å². The lowest BCUT2D eigenvalue weighted by Crippen LogP contribution is -2.25. The van der Waals surface area contributed by atoms with Gasteiger partial charge < -0.3 is 14.3 Å². The van der Waals surface area contributed by atoms with Crippen LogP contribution in [-0.4, -0.2) is 19.2 Å². The molecule has 0 aliphatic rings. The molecule has 0 heterocycles. The molecule has 0 unspecified atom stereocenters. The highest BCUT2D eigenvalue weighted by Gasteiger charge is 2.18. The molecule has 27 heavy (non-hydrogen) atoms. The number of unbranched alkanes of at least 4 members (excludes halogenated alkanes) is 5. The summed E-state index contributed by atoms with van der Waals surface area (Å²) in [5, 5.41) is 0. The Labute approximate surface area is 166 Å². The number of rotatable bonds is 17. The van der Waals surface area contributed by atoms with Crippen molar-refractivity contribution in [2.24, 2.45) is 11.8 Å². The molecule has 154 valence electrons. The monoisotopic (exact) mass is 376 g/mol. The summed E-state index contributed by atoms with van der Waals surface area (Å²) in [6.07, 6.45) is 12.3. The highest BCUT2D eigenvalue weighted by atomic mass is 16.7. The van der Waals surface area contributed by atoms with E-state index in [1.165, 1.54) is 44.9 Å². The summed E-state index contributed by atoms with van der Waals surface area (Å²) in [5.41, 5.74) is 1.13. The molecule has 1 aromatic carbocycles. The number of benzene rings is 1. The van der Waals surface area contributed by atoms with E-state index in [2.05, 4.69) is 13.8 Å². The maximum atomic E-state index is 11.2. The molecular weight excluding hydrogens is 336 g/mol. The van der Waals surface area contributed by atoms with Gasteiger partial charge in [-0.05, 0) is 24.3 Å². The van der Waals surface area contributed by atoms with Gasteiger partial charge in [-0.1, -0.05) is 96.0 Å². The highest BCUT2D eigenvalue weighted by Crippen LogP contribution is 2.20. The molecule has 0 radical (unpaired) electrons. The molecule has 0 spiro atoms. The smallest absolute Gasteiger partial charge is 0.147 e. The van der Waals surface area contributed by atoms with Crippen LogP contribution in [0.1, 0.15) is 84.1 Å². The topological polar surface area (TPSA) is 35.5 Å². The van der Waals surface area contributed by atoms with Gasteiger partial charge >= 0.3 is 0 Å². The van der Waals surface area contributed by atoms with Crippen molar-refractivity contribution in [2.45, 2.75) is 91.3 Å². The third-order valence-electron chi connectivity index (χ3n) is 5.27. The minimum absolute atomic E-state index is 0.0507. The van der Waals surface area contributed by atoms with Crippen LogP contribution in [0.5, 0.6) is 0 Å². The Morgan fingerprint density at radius 3 is 2.33 bits per heavy atom. The van der Waals surface area contributed by atoms with Crippen molar-refractivity contribution < 1.29 is 14.3 Å². The van der Waals surface area contributed by atoms with Gasteiger partial charge in [0.15, 0.2) is 0 Å². The van der Waals surface area contributed by atoms with E-state index in [0.29, 0.717) is 12.5 Å². The van der Waals surface area contributed by atoms with Crippen LogP contribution in [0.4, 0.5) is 0 Å². The lowest BCUT2D eigenvalue weighted by atomic mass is 9.93. The van der Waals surface area contributed by atoms with E-state index in [1.54, 1.807) is 0 Å². The van der Waals surface area contributed by atoms with Crippen molar-refractivity contribution in [2.75, 3.05) is 6.79 Å². The van der Waals surface area contributed by atoms with Crippen molar-refractivity contribution in [3.05, 3.63) is 35.9 Å². The zero-order valence-corrected chi connectivity index (χ0v) is 17.7. The first kappa shape index (κ1) is 23.8. The molecule has 3 heteroatoms. The summed E-state index contributed by atoms with van der Waals surface area (Å²) in [6, 6.07) is 10.1. The fourth-order valence-electron chi connectivity index (χ4n) is 3.32. The van der Waals surface area contributed by atoms with Crippen molar-refractivity contribution in [3.63, 3.8) is 0 Å². The molecule has 0 fully saturated rings. The lowest BCUT2D eigenvalue weighted by Gasteiger charge is -2.22. The summed E-state index contributed by atoms with van der Waals surface area (Å²) < 4.78 is 11.5. The van der Waals surface area contributed by atoms with Gasteiger partial charge in [-0.3, -0.25) is 0 Å². The summed E-state index contributed by atoms with van der Waals surface area (Å²) in [4.78, 5) is 11.2. The van der Waals surface area contributed by atoms with Crippen LogP contribution in [-0.2, 0) is 20.9 Å². The summed E-state index contributed by atoms with van der Waals surface area (Å²) in [7, 11) is 0. The Morgan fingerprint density at radius 1 is 0.926 bits per heavy atom. The first-order chi connectivity index (χ1) is 13.2. The molecule has 0 N–H and O–H groups in total. The minimum atomic E-state index is -0.0911. The van der Waals surface area contributed by atoms with Crippen molar-refractivity contribution in [3.8, 4) is 0 Å². The fourth-order valence-corrected chi connectivity index (χ4v) is 3.32. The molecule has 0 saturated heterocycles. The molecule has 0 aliphatic heterocycles. The molecule has 3 atom stereocenters. The fraction of sp³-hybridized carbons (Fsp3) is 0.708. The van der Waals surface area contributed by atoms with Crippen LogP contribution in [0.2, 0.25) is 0 Å². The van der Waals surface area contributed by atoms with E-state index in [0.717, 1.165) is 24.7 Å². The first-order valence-electron chi connectivity index (χ1n) is 10.9. The van der Waals surface area contributed by atoms with Crippen molar-refractivity contribution >= 4 is 6.29 Å². The largest absolute Gasteiger partial charge is 0.351 e. The summed E-state index contributed by atoms with van der Waals surface area (Å²) >= 11 is 0. The molecule has 1 rings (SSSR count). The number of hydrogen-bond acceptors (Lipinski definition) is 3. The molecule has 0 aromatic heterocycles. The predicted molar refractivity (Wildman–Crippen MR) is 113 cm³/mol. The van der Waals surface area contributed by atoms with Gasteiger partial charge in [0.05, 0.1) is 12.7 Å². The van der Waals surface area contributed by atoms with E-state index in [1.807, 2.05) is 37.3 Å². The lowest BCUT2D eigenvalue weighted by molar-refractivity contribution is -0.129. The molecule has 1 aromatic rings. The average molecular weight is 377 g/mol. The highest BCUT2D eigenvalue weighted by molar-refractivity contribution is 5.53. The molecule has 0 aliphatic carbocycles. The predicted octanol–water partition coefficient (Wildman–Crippen LogP) is 6.55. The minimum Gasteiger partial charge on any atom is -0.351 e. The normalized spacial score (nSPS) is 14.6. The van der Waals surface area contributed by atoms with Gasteiger partial charge in [-0.15, -0.1) is 0 Å². The second-order valence-corrected chi connectivity index (χ2v) is 7.89. The molecule has 3 nitrogen and oxygen atoms in total. The Bertz CT molecular complexity index is 460. The second kappa shape index (κ2) is 15.8. The maximum absolute atomic E-state index is 11.2. The van der Waals surface area contributed by atoms with Crippen LogP contribution < -0.4 is 0 Å². The van der Waals surface area contributed by atoms with Crippen molar-refractivity contribution in [1.29, 1.82) is 0 Å². The third kappa shape index (κ3) is 12.0. The van der Waals surface area contributed by atoms with E-state index in [-0.39, 0.29) is 18.8 Å². The number of ether oxygens (including phenoxy) is 2. The Morgan fingerprint density at radius 2 is 1.63 bits per heavy atom. The maximum Gasteiger partial charge on any atom is 0.147 e. The van der Waals surface area contributed by atoms with E-state index in [9.17, 15) is 4.79 Å². The van der Waals surface area contributed by atoms with Gasteiger partial charge in [-0.2, -0.15) is 0 Å². The zero-order chi connectivity index (χ0) is 19.7. The van der Waals surface area contributed by atoms with E-state index in [4.69, 9.17) is 9.47 Å². The zero-order valence-electron chi connectivity index (χ0n) is 17.7. The van der Waals surface area contributed by atoms with Gasteiger partial charge in [-0.25, -0.2) is 0 Å². The van der Waals surface area contributed by atoms with E-state index >= 15 is 0 Å². The van der Waals surface area contributed by atoms with Crippen LogP contribution in [0.3, 0.4) is 0 Å². The third-order valence-corrected chi connectivity index (χ3v) is 5.27. The van der Waals surface area contributed by atoms with Gasteiger partial charge in [0.2, 0.25) is 0 Å². The van der Waals surface area contributed by atoms with Gasteiger partial charge in [0.1, 0.15) is 13.1 Å².